The predicted octanol–water partition coefficient (Wildman–Crippen LogP) is 6.06. The van der Waals surface area contributed by atoms with E-state index in [1.54, 1.807) is 11.1 Å². The van der Waals surface area contributed by atoms with Crippen molar-refractivity contribution in [1.29, 1.82) is 0 Å². The molecule has 0 heterocycles. The largest absolute Gasteiger partial charge is 0.0845 e. The molecule has 0 N–H and O–H groups in total. The number of benzene rings is 1. The van der Waals surface area contributed by atoms with Crippen molar-refractivity contribution in [1.82, 2.24) is 0 Å². The van der Waals surface area contributed by atoms with Crippen LogP contribution in [0, 0.1) is 5.92 Å². The lowest BCUT2D eigenvalue weighted by molar-refractivity contribution is 0.414. The Morgan fingerprint density at radius 1 is 1.05 bits per heavy atom. The van der Waals surface area contributed by atoms with Gasteiger partial charge < -0.3 is 0 Å². The van der Waals surface area contributed by atoms with Gasteiger partial charge in [-0.2, -0.15) is 0 Å². The van der Waals surface area contributed by atoms with E-state index in [4.69, 9.17) is 0 Å². The van der Waals surface area contributed by atoms with Crippen molar-refractivity contribution in [3.05, 3.63) is 71.3 Å². The Hall–Kier alpha value is -1.82. The van der Waals surface area contributed by atoms with Gasteiger partial charge in [0.25, 0.3) is 0 Å². The Balaban J connectivity index is 1.93. The maximum Gasteiger partial charge on any atom is -0.00255 e. The molecule has 3 aliphatic rings. The molecule has 22 heavy (non-hydrogen) atoms. The van der Waals surface area contributed by atoms with Crippen molar-refractivity contribution in [2.45, 2.75) is 44.9 Å². The lowest BCUT2D eigenvalue weighted by atomic mass is 9.75. The third kappa shape index (κ3) is 1.97. The molecule has 0 radical (unpaired) electrons. The molecule has 1 aromatic carbocycles. The number of hydrogen-bond acceptors (Lipinski definition) is 0. The molecule has 0 saturated carbocycles. The molecule has 1 atom stereocenters. The number of hydrogen-bond donors (Lipinski definition) is 0. The van der Waals surface area contributed by atoms with Gasteiger partial charge in [-0.3, -0.25) is 0 Å². The number of allylic oxidation sites excluding steroid dienone is 8. The van der Waals surface area contributed by atoms with Crippen LogP contribution < -0.4 is 0 Å². The maximum absolute atomic E-state index is 2.42. The zero-order valence-corrected chi connectivity index (χ0v) is 13.6. The normalized spacial score (nSPS) is 25.1. The molecule has 0 aromatic heterocycles. The van der Waals surface area contributed by atoms with E-state index >= 15 is 0 Å². The molecular weight excluding hydrogens is 264 g/mol. The van der Waals surface area contributed by atoms with Crippen LogP contribution in [0.4, 0.5) is 0 Å². The van der Waals surface area contributed by atoms with Crippen molar-refractivity contribution in [3.63, 3.8) is 0 Å². The number of fused-ring (bicyclic) bond motifs is 3. The molecule has 0 bridgehead atoms. The Morgan fingerprint density at radius 3 is 2.82 bits per heavy atom. The molecule has 112 valence electrons. The van der Waals surface area contributed by atoms with E-state index in [-0.39, 0.29) is 5.41 Å². The monoisotopic (exact) mass is 288 g/mol. The average molecular weight is 288 g/mol. The highest BCUT2D eigenvalue weighted by Gasteiger charge is 2.43. The van der Waals surface area contributed by atoms with E-state index in [0.29, 0.717) is 5.92 Å². The van der Waals surface area contributed by atoms with Gasteiger partial charge in [0.05, 0.1) is 0 Å². The van der Waals surface area contributed by atoms with Gasteiger partial charge in [-0.1, -0.05) is 68.5 Å². The summed E-state index contributed by atoms with van der Waals surface area (Å²) in [5, 5.41) is 0. The van der Waals surface area contributed by atoms with Gasteiger partial charge in [-0.15, -0.1) is 0 Å². The molecule has 4 rings (SSSR count). The first-order valence-electron chi connectivity index (χ1n) is 8.56. The van der Waals surface area contributed by atoms with Crippen LogP contribution in [0.1, 0.15) is 56.2 Å². The Kier molecular flexibility index (Phi) is 3.22. The summed E-state index contributed by atoms with van der Waals surface area (Å²) in [7, 11) is 0. The highest BCUT2D eigenvalue weighted by Crippen LogP contribution is 2.54. The van der Waals surface area contributed by atoms with E-state index in [1.807, 2.05) is 0 Å². The minimum absolute atomic E-state index is 0.239. The summed E-state index contributed by atoms with van der Waals surface area (Å²) in [6.45, 7) is 4.84. The molecule has 1 aromatic rings. The van der Waals surface area contributed by atoms with Gasteiger partial charge in [-0.05, 0) is 64.9 Å². The van der Waals surface area contributed by atoms with E-state index in [0.717, 1.165) is 0 Å². The quantitative estimate of drug-likeness (QED) is 0.589. The molecule has 1 unspecified atom stereocenters. The van der Waals surface area contributed by atoms with Crippen LogP contribution >= 0.6 is 0 Å². The fourth-order valence-electron chi connectivity index (χ4n) is 4.42. The lowest BCUT2D eigenvalue weighted by Crippen LogP contribution is -2.23. The van der Waals surface area contributed by atoms with Crippen molar-refractivity contribution < 1.29 is 0 Å². The fraction of sp³-hybridized carbons (Fsp3) is 0.364. The smallest absolute Gasteiger partial charge is 0.00255 e. The third-order valence-electron chi connectivity index (χ3n) is 5.67. The van der Waals surface area contributed by atoms with Crippen molar-refractivity contribution in [2.75, 3.05) is 0 Å². The topological polar surface area (TPSA) is 0 Å². The van der Waals surface area contributed by atoms with Crippen LogP contribution in [-0.4, -0.2) is 0 Å². The summed E-state index contributed by atoms with van der Waals surface area (Å²) in [5.41, 5.74) is 7.86. The van der Waals surface area contributed by atoms with Gasteiger partial charge in [0.2, 0.25) is 0 Å². The second kappa shape index (κ2) is 5.12. The molecule has 0 aliphatic heterocycles. The minimum atomic E-state index is 0.239. The number of rotatable bonds is 1. The Labute approximate surface area is 133 Å². The van der Waals surface area contributed by atoms with E-state index in [1.165, 1.54) is 42.4 Å². The molecule has 0 amide bonds. The minimum Gasteiger partial charge on any atom is -0.0845 e. The predicted molar refractivity (Wildman–Crippen MR) is 95.7 cm³/mol. The summed E-state index contributed by atoms with van der Waals surface area (Å²) in [4.78, 5) is 0. The van der Waals surface area contributed by atoms with Crippen LogP contribution in [0.25, 0.3) is 11.1 Å². The molecule has 0 heteroatoms. The van der Waals surface area contributed by atoms with Crippen LogP contribution in [0.2, 0.25) is 0 Å². The van der Waals surface area contributed by atoms with Gasteiger partial charge in [-0.25, -0.2) is 0 Å². The molecule has 3 aliphatic carbocycles. The molecule has 0 saturated heterocycles. The summed E-state index contributed by atoms with van der Waals surface area (Å²) in [5.74, 6) is 0.635. The zero-order valence-electron chi connectivity index (χ0n) is 13.6. The third-order valence-corrected chi connectivity index (χ3v) is 5.67. The van der Waals surface area contributed by atoms with Crippen LogP contribution in [0.3, 0.4) is 0 Å². The van der Waals surface area contributed by atoms with E-state index in [9.17, 15) is 0 Å². The van der Waals surface area contributed by atoms with E-state index < -0.39 is 0 Å². The summed E-state index contributed by atoms with van der Waals surface area (Å²) in [6.07, 6.45) is 18.6. The first kappa shape index (κ1) is 13.8. The highest BCUT2D eigenvalue weighted by molar-refractivity contribution is 5.88. The summed E-state index contributed by atoms with van der Waals surface area (Å²) < 4.78 is 0. The van der Waals surface area contributed by atoms with Gasteiger partial charge in [0.15, 0.2) is 0 Å². The van der Waals surface area contributed by atoms with Gasteiger partial charge in [0, 0.05) is 0 Å². The fourth-order valence-corrected chi connectivity index (χ4v) is 4.42. The SMILES string of the molecule is CC1(C)c2cccc(C3=CC=CCCC3)c2C2=CC=CCC21. The molecular formula is C22H24. The maximum atomic E-state index is 2.42. The zero-order chi connectivity index (χ0) is 15.2. The standard InChI is InChI=1S/C22H24/c1-22(2)19-14-8-7-12-18(19)21-17(13-9-15-20(21)22)16-10-5-3-4-6-11-16/h3,5,7-10,12-13,15,19H,4,6,11,14H2,1-2H3. The first-order chi connectivity index (χ1) is 10.7. The van der Waals surface area contributed by atoms with Gasteiger partial charge >= 0.3 is 0 Å². The van der Waals surface area contributed by atoms with Crippen LogP contribution in [0.15, 0.2) is 54.7 Å². The van der Waals surface area contributed by atoms with Gasteiger partial charge in [0.1, 0.15) is 0 Å². The Morgan fingerprint density at radius 2 is 1.91 bits per heavy atom. The Bertz CT molecular complexity index is 722. The van der Waals surface area contributed by atoms with Crippen molar-refractivity contribution in [2.24, 2.45) is 5.92 Å². The van der Waals surface area contributed by atoms with Crippen LogP contribution in [-0.2, 0) is 5.41 Å². The van der Waals surface area contributed by atoms with Crippen molar-refractivity contribution in [3.8, 4) is 0 Å². The molecule has 0 fully saturated rings. The summed E-state index contributed by atoms with van der Waals surface area (Å²) in [6, 6.07) is 6.95. The van der Waals surface area contributed by atoms with Crippen molar-refractivity contribution >= 4 is 11.1 Å². The first-order valence-corrected chi connectivity index (χ1v) is 8.56. The van der Waals surface area contributed by atoms with Crippen LogP contribution in [0.5, 0.6) is 0 Å². The second-order valence-electron chi connectivity index (χ2n) is 7.30. The second-order valence-corrected chi connectivity index (χ2v) is 7.30. The molecule has 0 nitrogen and oxygen atoms in total. The average Bonchev–Trinajstić information content (AvgIpc) is 2.73. The van der Waals surface area contributed by atoms with E-state index in [2.05, 4.69) is 68.5 Å². The lowest BCUT2D eigenvalue weighted by Gasteiger charge is -2.29. The summed E-state index contributed by atoms with van der Waals surface area (Å²) >= 11 is 0. The molecule has 0 spiro atoms. The highest BCUT2D eigenvalue weighted by atomic mass is 14.5.